The molecule has 13 heavy (non-hydrogen) atoms. The van der Waals surface area contributed by atoms with Gasteiger partial charge >= 0.3 is 0 Å². The summed E-state index contributed by atoms with van der Waals surface area (Å²) in [5, 5.41) is 1.16. The smallest absolute Gasteiger partial charge is 0.0905 e. The lowest BCUT2D eigenvalue weighted by molar-refractivity contribution is 1.18. The average molecular weight is 189 g/mol. The van der Waals surface area contributed by atoms with E-state index in [0.717, 1.165) is 17.3 Å². The molecule has 0 saturated heterocycles. The van der Waals surface area contributed by atoms with Gasteiger partial charge in [-0.1, -0.05) is 36.4 Å². The molecule has 0 saturated carbocycles. The van der Waals surface area contributed by atoms with E-state index in [0.29, 0.717) is 0 Å². The van der Waals surface area contributed by atoms with Crippen molar-refractivity contribution in [1.82, 2.24) is 0 Å². The fourth-order valence-corrected chi connectivity index (χ4v) is 1.92. The van der Waals surface area contributed by atoms with Gasteiger partial charge < -0.3 is 0 Å². The summed E-state index contributed by atoms with van der Waals surface area (Å²) in [6, 6.07) is 10.3. The van der Waals surface area contributed by atoms with E-state index in [1.807, 2.05) is 30.0 Å². The third-order valence-electron chi connectivity index (χ3n) is 1.83. The zero-order chi connectivity index (χ0) is 8.93. The summed E-state index contributed by atoms with van der Waals surface area (Å²) in [6.45, 7) is 0.971. The lowest BCUT2D eigenvalue weighted by Gasteiger charge is -1.91. The maximum Gasteiger partial charge on any atom is 0.0905 e. The topological polar surface area (TPSA) is 12.4 Å². The lowest BCUT2D eigenvalue weighted by atomic mass is 10.2. The lowest BCUT2D eigenvalue weighted by Crippen LogP contribution is -1.78. The van der Waals surface area contributed by atoms with Crippen molar-refractivity contribution < 1.29 is 0 Å². The summed E-state index contributed by atoms with van der Waals surface area (Å²) in [5.74, 6) is 1.13. The van der Waals surface area contributed by atoms with Crippen LogP contribution in [0.3, 0.4) is 0 Å². The first-order valence-electron chi connectivity index (χ1n) is 4.35. The molecule has 0 fully saturated rings. The van der Waals surface area contributed by atoms with E-state index < -0.39 is 0 Å². The highest BCUT2D eigenvalue weighted by Crippen LogP contribution is 2.13. The number of rotatable bonds is 2. The van der Waals surface area contributed by atoms with E-state index in [1.165, 1.54) is 5.56 Å². The van der Waals surface area contributed by atoms with Crippen LogP contribution < -0.4 is 0 Å². The first-order chi connectivity index (χ1) is 6.45. The molecule has 1 aromatic carbocycles. The fraction of sp³-hybridized carbons (Fsp3) is 0.182. The van der Waals surface area contributed by atoms with Crippen LogP contribution in [0, 0.1) is 0 Å². The molecule has 1 heterocycles. The van der Waals surface area contributed by atoms with Gasteiger partial charge in [-0.3, -0.25) is 4.99 Å². The Morgan fingerprint density at radius 1 is 1.15 bits per heavy atom. The summed E-state index contributed by atoms with van der Waals surface area (Å²) in [6.07, 6.45) is 4.20. The Balaban J connectivity index is 2.05. The molecule has 0 bridgehead atoms. The van der Waals surface area contributed by atoms with Crippen LogP contribution in [0.1, 0.15) is 5.56 Å². The molecule has 0 aliphatic carbocycles. The Labute approximate surface area is 82.6 Å². The van der Waals surface area contributed by atoms with E-state index in [2.05, 4.69) is 29.3 Å². The van der Waals surface area contributed by atoms with E-state index in [-0.39, 0.29) is 0 Å². The van der Waals surface area contributed by atoms with E-state index in [4.69, 9.17) is 0 Å². The number of hydrogen-bond donors (Lipinski definition) is 0. The summed E-state index contributed by atoms with van der Waals surface area (Å²) < 4.78 is 0. The Morgan fingerprint density at radius 2 is 2.00 bits per heavy atom. The van der Waals surface area contributed by atoms with E-state index >= 15 is 0 Å². The maximum atomic E-state index is 4.34. The molecule has 66 valence electrons. The number of hydrogen-bond acceptors (Lipinski definition) is 2. The molecule has 1 aliphatic heterocycles. The second-order valence-corrected chi connectivity index (χ2v) is 3.93. The zero-order valence-corrected chi connectivity index (χ0v) is 8.13. The first-order valence-corrected chi connectivity index (χ1v) is 5.34. The monoisotopic (exact) mass is 189 g/mol. The SMILES string of the molecule is C(=C\c1ccccc1)/C1=NCCS1. The fourth-order valence-electron chi connectivity index (χ4n) is 1.18. The first kappa shape index (κ1) is 8.57. The highest BCUT2D eigenvalue weighted by molar-refractivity contribution is 8.14. The molecule has 0 N–H and O–H groups in total. The van der Waals surface area contributed by atoms with Crippen molar-refractivity contribution in [3.8, 4) is 0 Å². The van der Waals surface area contributed by atoms with Crippen LogP contribution in [-0.2, 0) is 0 Å². The molecule has 2 rings (SSSR count). The maximum absolute atomic E-state index is 4.34. The minimum Gasteiger partial charge on any atom is -0.278 e. The van der Waals surface area contributed by atoms with Crippen molar-refractivity contribution in [3.63, 3.8) is 0 Å². The van der Waals surface area contributed by atoms with E-state index in [9.17, 15) is 0 Å². The minimum atomic E-state index is 0.971. The summed E-state index contributed by atoms with van der Waals surface area (Å²) in [5.41, 5.74) is 1.23. The molecule has 0 spiro atoms. The highest BCUT2D eigenvalue weighted by atomic mass is 32.2. The second-order valence-electron chi connectivity index (χ2n) is 2.81. The summed E-state index contributed by atoms with van der Waals surface area (Å²) in [7, 11) is 0. The standard InChI is InChI=1S/C11H11NS/c1-2-4-10(5-3-1)6-7-11-12-8-9-13-11/h1-7H,8-9H2/b7-6+. The predicted octanol–water partition coefficient (Wildman–Crippen LogP) is 2.85. The van der Waals surface area contributed by atoms with Gasteiger partial charge in [-0.15, -0.1) is 11.8 Å². The highest BCUT2D eigenvalue weighted by Gasteiger charge is 2.01. The largest absolute Gasteiger partial charge is 0.278 e. The number of nitrogens with zero attached hydrogens (tertiary/aromatic N) is 1. The van der Waals surface area contributed by atoms with Crippen LogP contribution in [0.15, 0.2) is 41.4 Å². The van der Waals surface area contributed by atoms with Gasteiger partial charge in [0, 0.05) is 12.3 Å². The van der Waals surface area contributed by atoms with E-state index in [1.54, 1.807) is 0 Å². The van der Waals surface area contributed by atoms with Crippen LogP contribution >= 0.6 is 11.8 Å². The van der Waals surface area contributed by atoms with Crippen LogP contribution in [0.4, 0.5) is 0 Å². The molecule has 0 atom stereocenters. The van der Waals surface area contributed by atoms with Gasteiger partial charge in [0.15, 0.2) is 0 Å². The van der Waals surface area contributed by atoms with Crippen LogP contribution in [0.5, 0.6) is 0 Å². The molecular weight excluding hydrogens is 178 g/mol. The van der Waals surface area contributed by atoms with Crippen molar-refractivity contribution >= 4 is 22.9 Å². The molecule has 2 heteroatoms. The molecule has 0 aromatic heterocycles. The minimum absolute atomic E-state index is 0.971. The predicted molar refractivity (Wildman–Crippen MR) is 60.2 cm³/mol. The van der Waals surface area contributed by atoms with Crippen molar-refractivity contribution in [3.05, 3.63) is 42.0 Å². The molecule has 0 amide bonds. The van der Waals surface area contributed by atoms with Crippen molar-refractivity contribution in [2.24, 2.45) is 4.99 Å². The van der Waals surface area contributed by atoms with Gasteiger partial charge in [0.2, 0.25) is 0 Å². The van der Waals surface area contributed by atoms with Crippen LogP contribution in [0.25, 0.3) is 6.08 Å². The van der Waals surface area contributed by atoms with Gasteiger partial charge in [-0.2, -0.15) is 0 Å². The molecule has 1 nitrogen and oxygen atoms in total. The third-order valence-corrected chi connectivity index (χ3v) is 2.77. The average Bonchev–Trinajstić information content (AvgIpc) is 2.69. The van der Waals surface area contributed by atoms with Crippen molar-refractivity contribution in [2.45, 2.75) is 0 Å². The third kappa shape index (κ3) is 2.46. The summed E-state index contributed by atoms with van der Waals surface area (Å²) in [4.78, 5) is 4.34. The molecule has 0 unspecified atom stereocenters. The van der Waals surface area contributed by atoms with Gasteiger partial charge in [0.25, 0.3) is 0 Å². The van der Waals surface area contributed by atoms with Gasteiger partial charge in [-0.05, 0) is 11.6 Å². The Kier molecular flexibility index (Phi) is 2.82. The number of thioether (sulfide) groups is 1. The van der Waals surface area contributed by atoms with Crippen molar-refractivity contribution in [1.29, 1.82) is 0 Å². The Bertz CT molecular complexity index is 327. The number of aliphatic imine (C=N–C) groups is 1. The van der Waals surface area contributed by atoms with Crippen molar-refractivity contribution in [2.75, 3.05) is 12.3 Å². The molecular formula is C11H11NS. The quantitative estimate of drug-likeness (QED) is 0.697. The van der Waals surface area contributed by atoms with Gasteiger partial charge in [0.1, 0.15) is 0 Å². The Morgan fingerprint density at radius 3 is 2.69 bits per heavy atom. The normalized spacial score (nSPS) is 16.5. The Hall–Kier alpha value is -1.02. The second kappa shape index (κ2) is 4.28. The number of benzene rings is 1. The molecule has 1 aliphatic rings. The van der Waals surface area contributed by atoms with Crippen LogP contribution in [-0.4, -0.2) is 17.3 Å². The molecule has 1 aromatic rings. The summed E-state index contributed by atoms with van der Waals surface area (Å²) >= 11 is 1.82. The zero-order valence-electron chi connectivity index (χ0n) is 7.31. The molecule has 0 radical (unpaired) electrons. The van der Waals surface area contributed by atoms with Gasteiger partial charge in [-0.25, -0.2) is 0 Å². The van der Waals surface area contributed by atoms with Gasteiger partial charge in [0.05, 0.1) is 5.04 Å². The van der Waals surface area contributed by atoms with Crippen LogP contribution in [0.2, 0.25) is 0 Å².